The number of amides is 1. The number of imidazole rings is 1. The Morgan fingerprint density at radius 1 is 1.20 bits per heavy atom. The first-order chi connectivity index (χ1) is 11.9. The van der Waals surface area contributed by atoms with Gasteiger partial charge in [0, 0.05) is 16.9 Å². The summed E-state index contributed by atoms with van der Waals surface area (Å²) in [5.74, 6) is -1.27. The molecule has 0 aliphatic rings. The lowest BCUT2D eigenvalue weighted by atomic mass is 10.2. The first-order valence-corrected chi connectivity index (χ1v) is 7.65. The monoisotopic (exact) mass is 360 g/mol. The molecular formula is C16H13ClN4O4. The minimum atomic E-state index is -1.05. The molecule has 128 valence electrons. The number of pyridine rings is 1. The number of rotatable bonds is 4. The van der Waals surface area contributed by atoms with Gasteiger partial charge in [-0.15, -0.1) is 0 Å². The minimum Gasteiger partial charge on any atom is -0.448 e. The van der Waals surface area contributed by atoms with Gasteiger partial charge in [-0.2, -0.15) is 0 Å². The summed E-state index contributed by atoms with van der Waals surface area (Å²) in [6, 6.07) is 7.74. The highest BCUT2D eigenvalue weighted by atomic mass is 35.5. The fraction of sp³-hybridized carbons (Fsp3) is 0.125. The number of aromatic nitrogens is 3. The highest BCUT2D eigenvalue weighted by Crippen LogP contribution is 2.15. The van der Waals surface area contributed by atoms with E-state index in [-0.39, 0.29) is 11.4 Å². The van der Waals surface area contributed by atoms with Crippen molar-refractivity contribution >= 4 is 40.2 Å². The molecule has 3 N–H and O–H groups in total. The standard InChI is InChI=1S/C16H13ClN4O4/c1-8(25-15(23)13-6-9(17)4-5-18-13)14(22)19-10-2-3-11-12(7-10)21-16(24)20-11/h2-8H,1H3,(H,19,22)(H2,20,21,24)/t8-/m1/s1. The van der Waals surface area contributed by atoms with Crippen LogP contribution in [0.3, 0.4) is 0 Å². The van der Waals surface area contributed by atoms with Gasteiger partial charge in [0.25, 0.3) is 5.91 Å². The molecular weight excluding hydrogens is 348 g/mol. The van der Waals surface area contributed by atoms with E-state index in [1.165, 1.54) is 25.3 Å². The number of nitrogens with one attached hydrogen (secondary N) is 3. The van der Waals surface area contributed by atoms with Crippen molar-refractivity contribution in [1.82, 2.24) is 15.0 Å². The Kier molecular flexibility index (Phi) is 4.53. The van der Waals surface area contributed by atoms with Crippen molar-refractivity contribution < 1.29 is 14.3 Å². The van der Waals surface area contributed by atoms with Crippen LogP contribution in [0.2, 0.25) is 5.02 Å². The number of halogens is 1. The van der Waals surface area contributed by atoms with E-state index in [1.807, 2.05) is 0 Å². The second kappa shape index (κ2) is 6.78. The van der Waals surface area contributed by atoms with Gasteiger partial charge in [0.2, 0.25) is 0 Å². The second-order valence-electron chi connectivity index (χ2n) is 5.24. The Bertz CT molecular complexity index is 1010. The molecule has 0 fully saturated rings. The van der Waals surface area contributed by atoms with Gasteiger partial charge in [0.1, 0.15) is 5.69 Å². The minimum absolute atomic E-state index is 0.0125. The van der Waals surface area contributed by atoms with E-state index in [1.54, 1.807) is 18.2 Å². The van der Waals surface area contributed by atoms with E-state index in [0.717, 1.165) is 0 Å². The Hall–Kier alpha value is -3.13. The molecule has 0 bridgehead atoms. The third-order valence-corrected chi connectivity index (χ3v) is 3.60. The molecule has 0 aliphatic heterocycles. The molecule has 9 heteroatoms. The number of carbonyl (C=O) groups is 2. The number of carbonyl (C=O) groups excluding carboxylic acids is 2. The highest BCUT2D eigenvalue weighted by Gasteiger charge is 2.20. The largest absolute Gasteiger partial charge is 0.448 e. The average molecular weight is 361 g/mol. The van der Waals surface area contributed by atoms with Crippen molar-refractivity contribution in [1.29, 1.82) is 0 Å². The molecule has 0 aliphatic carbocycles. The fourth-order valence-corrected chi connectivity index (χ4v) is 2.30. The number of aromatic amines is 2. The van der Waals surface area contributed by atoms with Crippen LogP contribution in [0.1, 0.15) is 17.4 Å². The van der Waals surface area contributed by atoms with Gasteiger partial charge in [-0.25, -0.2) is 14.6 Å². The molecule has 1 amide bonds. The predicted octanol–water partition coefficient (Wildman–Crippen LogP) is 2.09. The summed E-state index contributed by atoms with van der Waals surface area (Å²) < 4.78 is 5.08. The summed E-state index contributed by atoms with van der Waals surface area (Å²) in [6.07, 6.45) is 0.325. The van der Waals surface area contributed by atoms with Crippen molar-refractivity contribution in [2.75, 3.05) is 5.32 Å². The molecule has 2 aromatic heterocycles. The molecule has 2 heterocycles. The zero-order chi connectivity index (χ0) is 18.0. The van der Waals surface area contributed by atoms with Gasteiger partial charge in [-0.3, -0.25) is 4.79 Å². The number of H-pyrrole nitrogens is 2. The third kappa shape index (κ3) is 3.86. The molecule has 1 aromatic carbocycles. The van der Waals surface area contributed by atoms with Crippen molar-refractivity contribution in [2.45, 2.75) is 13.0 Å². The van der Waals surface area contributed by atoms with Crippen LogP contribution >= 0.6 is 11.6 Å². The second-order valence-corrected chi connectivity index (χ2v) is 5.67. The highest BCUT2D eigenvalue weighted by molar-refractivity contribution is 6.30. The quantitative estimate of drug-likeness (QED) is 0.616. The summed E-state index contributed by atoms with van der Waals surface area (Å²) >= 11 is 5.79. The number of esters is 1. The molecule has 25 heavy (non-hydrogen) atoms. The molecule has 0 unspecified atom stereocenters. The van der Waals surface area contributed by atoms with E-state index in [0.29, 0.717) is 21.7 Å². The Balaban J connectivity index is 1.67. The van der Waals surface area contributed by atoms with Crippen LogP contribution in [0.15, 0.2) is 41.3 Å². The maximum atomic E-state index is 12.2. The molecule has 1 atom stereocenters. The summed E-state index contributed by atoms with van der Waals surface area (Å²) in [6.45, 7) is 1.44. The predicted molar refractivity (Wildman–Crippen MR) is 91.7 cm³/mol. The van der Waals surface area contributed by atoms with E-state index in [2.05, 4.69) is 20.3 Å². The molecule has 0 saturated carbocycles. The van der Waals surface area contributed by atoms with Crippen molar-refractivity contribution in [3.05, 3.63) is 57.7 Å². The maximum absolute atomic E-state index is 12.2. The van der Waals surface area contributed by atoms with Crippen LogP contribution in [0.4, 0.5) is 5.69 Å². The van der Waals surface area contributed by atoms with E-state index in [4.69, 9.17) is 16.3 Å². The van der Waals surface area contributed by atoms with Crippen LogP contribution < -0.4 is 11.0 Å². The van der Waals surface area contributed by atoms with Crippen molar-refractivity contribution in [3.8, 4) is 0 Å². The molecule has 8 nitrogen and oxygen atoms in total. The lowest BCUT2D eigenvalue weighted by Crippen LogP contribution is -2.30. The van der Waals surface area contributed by atoms with Gasteiger partial charge in [0.05, 0.1) is 11.0 Å². The first-order valence-electron chi connectivity index (χ1n) is 7.28. The van der Waals surface area contributed by atoms with Crippen LogP contribution in [0.25, 0.3) is 11.0 Å². The number of hydrogen-bond donors (Lipinski definition) is 3. The van der Waals surface area contributed by atoms with Gasteiger partial charge in [0.15, 0.2) is 6.10 Å². The number of nitrogens with zero attached hydrogens (tertiary/aromatic N) is 1. The number of ether oxygens (including phenoxy) is 1. The van der Waals surface area contributed by atoms with E-state index in [9.17, 15) is 14.4 Å². The summed E-state index contributed by atoms with van der Waals surface area (Å²) in [5, 5.41) is 2.95. The smallest absolute Gasteiger partial charge is 0.357 e. The summed E-state index contributed by atoms with van der Waals surface area (Å²) in [7, 11) is 0. The molecule has 3 rings (SSSR count). The Morgan fingerprint density at radius 2 is 1.96 bits per heavy atom. The topological polar surface area (TPSA) is 117 Å². The zero-order valence-electron chi connectivity index (χ0n) is 13.0. The molecule has 0 radical (unpaired) electrons. The van der Waals surface area contributed by atoms with E-state index >= 15 is 0 Å². The normalized spacial score (nSPS) is 11.9. The lowest BCUT2D eigenvalue weighted by molar-refractivity contribution is -0.123. The average Bonchev–Trinajstić information content (AvgIpc) is 2.94. The van der Waals surface area contributed by atoms with Gasteiger partial charge < -0.3 is 20.0 Å². The van der Waals surface area contributed by atoms with Gasteiger partial charge in [-0.05, 0) is 37.3 Å². The number of hydrogen-bond acceptors (Lipinski definition) is 5. The van der Waals surface area contributed by atoms with Crippen molar-refractivity contribution in [3.63, 3.8) is 0 Å². The fourth-order valence-electron chi connectivity index (χ4n) is 2.15. The summed E-state index contributed by atoms with van der Waals surface area (Å²) in [4.78, 5) is 44.4. The summed E-state index contributed by atoms with van der Waals surface area (Å²) in [5.41, 5.74) is 1.30. The van der Waals surface area contributed by atoms with Crippen LogP contribution in [0.5, 0.6) is 0 Å². The Labute approximate surface area is 146 Å². The van der Waals surface area contributed by atoms with Gasteiger partial charge >= 0.3 is 11.7 Å². The van der Waals surface area contributed by atoms with E-state index < -0.39 is 18.0 Å². The van der Waals surface area contributed by atoms with Crippen molar-refractivity contribution in [2.24, 2.45) is 0 Å². The third-order valence-electron chi connectivity index (χ3n) is 3.37. The number of benzene rings is 1. The van der Waals surface area contributed by atoms with Gasteiger partial charge in [-0.1, -0.05) is 11.6 Å². The SMILES string of the molecule is C[C@@H](OC(=O)c1cc(Cl)ccn1)C(=O)Nc1ccc2[nH]c(=O)[nH]c2c1. The lowest BCUT2D eigenvalue weighted by Gasteiger charge is -2.13. The first kappa shape index (κ1) is 16.7. The van der Waals surface area contributed by atoms with Crippen LogP contribution in [-0.2, 0) is 9.53 Å². The van der Waals surface area contributed by atoms with Crippen LogP contribution in [0, 0.1) is 0 Å². The molecule has 0 spiro atoms. The maximum Gasteiger partial charge on any atom is 0.357 e. The van der Waals surface area contributed by atoms with Crippen LogP contribution in [-0.4, -0.2) is 32.9 Å². The number of anilines is 1. The number of fused-ring (bicyclic) bond motifs is 1. The zero-order valence-corrected chi connectivity index (χ0v) is 13.8. The Morgan fingerprint density at radius 3 is 2.72 bits per heavy atom. The molecule has 3 aromatic rings. The molecule has 0 saturated heterocycles.